The minimum Gasteiger partial charge on any atom is -0.325 e. The molecule has 0 saturated carbocycles. The van der Waals surface area contributed by atoms with E-state index in [9.17, 15) is 13.2 Å². The first-order chi connectivity index (χ1) is 11.6. The van der Waals surface area contributed by atoms with E-state index in [4.69, 9.17) is 11.6 Å². The molecule has 0 fully saturated rings. The van der Waals surface area contributed by atoms with Crippen molar-refractivity contribution in [2.45, 2.75) is 20.8 Å². The molecule has 0 unspecified atom stereocenters. The lowest BCUT2D eigenvalue weighted by Gasteiger charge is -2.24. The van der Waals surface area contributed by atoms with Crippen LogP contribution in [0.1, 0.15) is 16.7 Å². The van der Waals surface area contributed by atoms with Crippen molar-refractivity contribution >= 4 is 38.9 Å². The maximum Gasteiger partial charge on any atom is 0.245 e. The normalized spacial score (nSPS) is 11.2. The molecule has 0 spiro atoms. The zero-order valence-corrected chi connectivity index (χ0v) is 16.2. The summed E-state index contributed by atoms with van der Waals surface area (Å²) < 4.78 is 25.4. The Morgan fingerprint density at radius 2 is 1.68 bits per heavy atom. The number of carbonyl (C=O) groups excluding carboxylic acids is 1. The number of rotatable bonds is 5. The summed E-state index contributed by atoms with van der Waals surface area (Å²) in [5.74, 6) is -0.423. The maximum atomic E-state index is 12.4. The Kier molecular flexibility index (Phi) is 5.75. The van der Waals surface area contributed by atoms with Crippen LogP contribution in [0.3, 0.4) is 0 Å². The third-order valence-corrected chi connectivity index (χ3v) is 5.28. The number of nitrogens with one attached hydrogen (secondary N) is 1. The van der Waals surface area contributed by atoms with E-state index in [1.807, 2.05) is 26.0 Å². The van der Waals surface area contributed by atoms with Crippen molar-refractivity contribution in [1.82, 2.24) is 0 Å². The first kappa shape index (κ1) is 19.3. The molecule has 0 aliphatic rings. The molecule has 5 nitrogen and oxygen atoms in total. The van der Waals surface area contributed by atoms with Crippen molar-refractivity contribution in [3.8, 4) is 0 Å². The van der Waals surface area contributed by atoms with E-state index < -0.39 is 15.9 Å². The average Bonchev–Trinajstić information content (AvgIpc) is 2.50. The van der Waals surface area contributed by atoms with Gasteiger partial charge in [0.05, 0.1) is 11.9 Å². The number of amides is 1. The van der Waals surface area contributed by atoms with Crippen LogP contribution in [0, 0.1) is 20.8 Å². The highest BCUT2D eigenvalue weighted by atomic mass is 35.5. The quantitative estimate of drug-likeness (QED) is 0.860. The van der Waals surface area contributed by atoms with Crippen molar-refractivity contribution in [2.24, 2.45) is 0 Å². The van der Waals surface area contributed by atoms with Gasteiger partial charge in [-0.2, -0.15) is 0 Å². The molecule has 0 aliphatic heterocycles. The molecule has 134 valence electrons. The van der Waals surface area contributed by atoms with Crippen molar-refractivity contribution in [1.29, 1.82) is 0 Å². The molecule has 0 atom stereocenters. The van der Waals surface area contributed by atoms with Crippen LogP contribution in [0.25, 0.3) is 0 Å². The number of sulfonamides is 1. The third-order valence-electron chi connectivity index (χ3n) is 3.92. The average molecular weight is 381 g/mol. The van der Waals surface area contributed by atoms with Gasteiger partial charge in [-0.1, -0.05) is 23.7 Å². The van der Waals surface area contributed by atoms with Crippen LogP contribution in [-0.4, -0.2) is 27.1 Å². The van der Waals surface area contributed by atoms with Gasteiger partial charge in [-0.25, -0.2) is 8.42 Å². The second-order valence-electron chi connectivity index (χ2n) is 6.05. The molecular formula is C18H21ClN2O3S. The number of nitrogens with zero attached hydrogens (tertiary/aromatic N) is 1. The molecule has 0 radical (unpaired) electrons. The fourth-order valence-corrected chi connectivity index (χ4v) is 3.45. The molecule has 0 aliphatic carbocycles. The minimum absolute atomic E-state index is 0.326. The Bertz CT molecular complexity index is 911. The van der Waals surface area contributed by atoms with Gasteiger partial charge in [-0.15, -0.1) is 0 Å². The lowest BCUT2D eigenvalue weighted by atomic mass is 10.1. The molecule has 0 bridgehead atoms. The topological polar surface area (TPSA) is 66.5 Å². The highest BCUT2D eigenvalue weighted by Crippen LogP contribution is 2.26. The molecule has 1 amide bonds. The Labute approximate surface area is 153 Å². The molecule has 25 heavy (non-hydrogen) atoms. The van der Waals surface area contributed by atoms with Crippen LogP contribution >= 0.6 is 11.6 Å². The summed E-state index contributed by atoms with van der Waals surface area (Å²) >= 11 is 5.99. The number of anilines is 2. The van der Waals surface area contributed by atoms with Gasteiger partial charge in [-0.3, -0.25) is 9.10 Å². The highest BCUT2D eigenvalue weighted by Gasteiger charge is 2.22. The van der Waals surface area contributed by atoms with Crippen molar-refractivity contribution in [2.75, 3.05) is 22.4 Å². The predicted molar refractivity (Wildman–Crippen MR) is 103 cm³/mol. The van der Waals surface area contributed by atoms with E-state index in [1.54, 1.807) is 31.2 Å². The fraction of sp³-hybridized carbons (Fsp3) is 0.278. The standard InChI is InChI=1S/C18H21ClN2O3S/c1-12-6-8-16(9-14(12)3)20-18(22)11-21(25(4,23)24)17-10-15(19)7-5-13(17)2/h5-10H,11H2,1-4H3,(H,20,22). The van der Waals surface area contributed by atoms with E-state index in [0.717, 1.165) is 21.7 Å². The Balaban J connectivity index is 2.27. The smallest absolute Gasteiger partial charge is 0.245 e. The van der Waals surface area contributed by atoms with Crippen molar-refractivity contribution in [3.05, 3.63) is 58.1 Å². The second-order valence-corrected chi connectivity index (χ2v) is 8.39. The van der Waals surface area contributed by atoms with Gasteiger partial charge < -0.3 is 5.32 Å². The molecule has 7 heteroatoms. The minimum atomic E-state index is -3.65. The van der Waals surface area contributed by atoms with E-state index in [-0.39, 0.29) is 6.54 Å². The number of aryl methyl sites for hydroxylation is 3. The first-order valence-corrected chi connectivity index (χ1v) is 9.91. The van der Waals surface area contributed by atoms with Crippen LogP contribution in [0.2, 0.25) is 5.02 Å². The lowest BCUT2D eigenvalue weighted by molar-refractivity contribution is -0.114. The Morgan fingerprint density at radius 1 is 1.04 bits per heavy atom. The number of benzene rings is 2. The van der Waals surface area contributed by atoms with Crippen LogP contribution in [0.4, 0.5) is 11.4 Å². The molecule has 0 heterocycles. The Morgan fingerprint density at radius 3 is 2.28 bits per heavy atom. The largest absolute Gasteiger partial charge is 0.325 e. The molecule has 0 aromatic heterocycles. The van der Waals surface area contributed by atoms with Crippen LogP contribution < -0.4 is 9.62 Å². The van der Waals surface area contributed by atoms with E-state index >= 15 is 0 Å². The van der Waals surface area contributed by atoms with Gasteiger partial charge in [0, 0.05) is 10.7 Å². The summed E-state index contributed by atoms with van der Waals surface area (Å²) in [4.78, 5) is 12.4. The maximum absolute atomic E-state index is 12.4. The summed E-state index contributed by atoms with van der Waals surface area (Å²) in [5, 5.41) is 3.14. The van der Waals surface area contributed by atoms with Gasteiger partial charge in [-0.05, 0) is 61.7 Å². The number of hydrogen-bond acceptors (Lipinski definition) is 3. The summed E-state index contributed by atoms with van der Waals surface area (Å²) in [5.41, 5.74) is 3.90. The van der Waals surface area contributed by atoms with Crippen molar-refractivity contribution in [3.63, 3.8) is 0 Å². The van der Waals surface area contributed by atoms with Crippen molar-refractivity contribution < 1.29 is 13.2 Å². The summed E-state index contributed by atoms with van der Waals surface area (Å²) in [6.07, 6.45) is 1.07. The molecule has 2 rings (SSSR count). The molecule has 2 aromatic carbocycles. The molecule has 2 aromatic rings. The highest BCUT2D eigenvalue weighted by molar-refractivity contribution is 7.92. The summed E-state index contributed by atoms with van der Waals surface area (Å²) in [6.45, 7) is 5.37. The molecule has 1 N–H and O–H groups in total. The van der Waals surface area contributed by atoms with Crippen LogP contribution in [0.5, 0.6) is 0 Å². The van der Waals surface area contributed by atoms with Gasteiger partial charge in [0.15, 0.2) is 0 Å². The zero-order chi connectivity index (χ0) is 18.8. The second kappa shape index (κ2) is 7.45. The van der Waals surface area contributed by atoms with Crippen LogP contribution in [-0.2, 0) is 14.8 Å². The summed E-state index contributed by atoms with van der Waals surface area (Å²) in [7, 11) is -3.65. The monoisotopic (exact) mass is 380 g/mol. The third kappa shape index (κ3) is 4.96. The predicted octanol–water partition coefficient (Wildman–Crippen LogP) is 3.67. The number of halogens is 1. The fourth-order valence-electron chi connectivity index (χ4n) is 2.38. The van der Waals surface area contributed by atoms with E-state index in [2.05, 4.69) is 5.32 Å². The number of carbonyl (C=O) groups is 1. The van der Waals surface area contributed by atoms with E-state index in [1.165, 1.54) is 0 Å². The van der Waals surface area contributed by atoms with Gasteiger partial charge in [0.1, 0.15) is 6.54 Å². The molecular weight excluding hydrogens is 360 g/mol. The van der Waals surface area contributed by atoms with Gasteiger partial charge in [0.25, 0.3) is 0 Å². The molecule has 0 saturated heterocycles. The van der Waals surface area contributed by atoms with Crippen LogP contribution in [0.15, 0.2) is 36.4 Å². The Hall–Kier alpha value is -2.05. The SMILES string of the molecule is Cc1ccc(NC(=O)CN(c2cc(Cl)ccc2C)S(C)(=O)=O)cc1C. The first-order valence-electron chi connectivity index (χ1n) is 7.69. The van der Waals surface area contributed by atoms with E-state index in [0.29, 0.717) is 22.0 Å². The summed E-state index contributed by atoms with van der Waals surface area (Å²) in [6, 6.07) is 10.5. The van der Waals surface area contributed by atoms with Gasteiger partial charge in [0.2, 0.25) is 15.9 Å². The number of hydrogen-bond donors (Lipinski definition) is 1. The van der Waals surface area contributed by atoms with Gasteiger partial charge >= 0.3 is 0 Å². The lowest BCUT2D eigenvalue weighted by Crippen LogP contribution is -2.37. The zero-order valence-electron chi connectivity index (χ0n) is 14.6.